The molecule has 0 aliphatic heterocycles. The molecule has 1 aromatic carbocycles. The van der Waals surface area contributed by atoms with Crippen LogP contribution in [-0.2, 0) is 0 Å². The van der Waals surface area contributed by atoms with E-state index in [-0.39, 0.29) is 16.5 Å². The summed E-state index contributed by atoms with van der Waals surface area (Å²) in [4.78, 5) is 10.2. The number of hydrogen-bond donors (Lipinski definition) is 0. The Morgan fingerprint density at radius 1 is 1.39 bits per heavy atom. The Hall–Kier alpha value is -2.02. The van der Waals surface area contributed by atoms with E-state index in [1.165, 1.54) is 24.3 Å². The molecule has 94 valence electrons. The van der Waals surface area contributed by atoms with Gasteiger partial charge in [0.1, 0.15) is 16.5 Å². The SMILES string of the molecule is O=[N+]([O-])c1ccccc1-n1nc(C(F)F)cc1Cl. The predicted octanol–water partition coefficient (Wildman–Crippen LogP) is 3.37. The van der Waals surface area contributed by atoms with Crippen LogP contribution in [0.4, 0.5) is 14.5 Å². The first kappa shape index (κ1) is 12.4. The van der Waals surface area contributed by atoms with Crippen LogP contribution >= 0.6 is 11.6 Å². The first-order valence-electron chi connectivity index (χ1n) is 4.78. The smallest absolute Gasteiger partial charge is 0.258 e. The van der Waals surface area contributed by atoms with Gasteiger partial charge in [-0.1, -0.05) is 23.7 Å². The minimum absolute atomic E-state index is 0.0411. The molecule has 0 aliphatic rings. The fourth-order valence-electron chi connectivity index (χ4n) is 1.45. The van der Waals surface area contributed by atoms with Crippen molar-refractivity contribution >= 4 is 17.3 Å². The molecule has 0 saturated heterocycles. The summed E-state index contributed by atoms with van der Waals surface area (Å²) in [6.45, 7) is 0. The van der Waals surface area contributed by atoms with Crippen LogP contribution in [0.2, 0.25) is 5.15 Å². The molecule has 0 aliphatic carbocycles. The zero-order valence-corrected chi connectivity index (χ0v) is 9.51. The van der Waals surface area contributed by atoms with E-state index >= 15 is 0 Å². The average Bonchev–Trinajstić information content (AvgIpc) is 2.71. The van der Waals surface area contributed by atoms with Gasteiger partial charge in [-0.25, -0.2) is 13.5 Å². The average molecular weight is 274 g/mol. The Balaban J connectivity index is 2.58. The highest BCUT2D eigenvalue weighted by Gasteiger charge is 2.20. The quantitative estimate of drug-likeness (QED) is 0.636. The van der Waals surface area contributed by atoms with Gasteiger partial charge in [0.05, 0.1) is 4.92 Å². The zero-order valence-electron chi connectivity index (χ0n) is 8.76. The second-order valence-corrected chi connectivity index (χ2v) is 3.74. The Labute approximate surface area is 105 Å². The molecule has 18 heavy (non-hydrogen) atoms. The van der Waals surface area contributed by atoms with Gasteiger partial charge < -0.3 is 0 Å². The maximum atomic E-state index is 12.5. The largest absolute Gasteiger partial charge is 0.294 e. The number of rotatable bonds is 3. The van der Waals surface area contributed by atoms with Gasteiger partial charge in [0.15, 0.2) is 0 Å². The number of benzene rings is 1. The lowest BCUT2D eigenvalue weighted by Gasteiger charge is -2.03. The summed E-state index contributed by atoms with van der Waals surface area (Å²) in [5.74, 6) is 0. The van der Waals surface area contributed by atoms with E-state index in [1.807, 2.05) is 0 Å². The summed E-state index contributed by atoms with van der Waals surface area (Å²) in [7, 11) is 0. The number of nitrogens with zero attached hydrogens (tertiary/aromatic N) is 3. The van der Waals surface area contributed by atoms with Gasteiger partial charge in [-0.05, 0) is 6.07 Å². The van der Waals surface area contributed by atoms with Gasteiger partial charge >= 0.3 is 0 Å². The van der Waals surface area contributed by atoms with E-state index in [4.69, 9.17) is 11.6 Å². The Kier molecular flexibility index (Phi) is 3.24. The number of hydrogen-bond acceptors (Lipinski definition) is 3. The molecule has 0 N–H and O–H groups in total. The van der Waals surface area contributed by atoms with Crippen molar-refractivity contribution in [1.29, 1.82) is 0 Å². The molecular formula is C10H6ClF2N3O2. The topological polar surface area (TPSA) is 61.0 Å². The van der Waals surface area contributed by atoms with Gasteiger partial charge in [0.25, 0.3) is 12.1 Å². The molecule has 5 nitrogen and oxygen atoms in total. The molecule has 1 aromatic heterocycles. The normalized spacial score (nSPS) is 10.9. The molecular weight excluding hydrogens is 268 g/mol. The zero-order chi connectivity index (χ0) is 13.3. The van der Waals surface area contributed by atoms with Crippen molar-refractivity contribution in [2.75, 3.05) is 0 Å². The van der Waals surface area contributed by atoms with Gasteiger partial charge in [-0.15, -0.1) is 0 Å². The molecule has 8 heteroatoms. The number of nitro groups is 1. The van der Waals surface area contributed by atoms with Crippen molar-refractivity contribution in [1.82, 2.24) is 9.78 Å². The highest BCUT2D eigenvalue weighted by Crippen LogP contribution is 2.28. The number of para-hydroxylation sites is 2. The molecule has 0 bridgehead atoms. The van der Waals surface area contributed by atoms with Gasteiger partial charge in [0.2, 0.25) is 0 Å². The lowest BCUT2D eigenvalue weighted by atomic mass is 10.3. The molecule has 0 radical (unpaired) electrons. The van der Waals surface area contributed by atoms with Crippen LogP contribution in [0.15, 0.2) is 30.3 Å². The molecule has 0 unspecified atom stereocenters. The van der Waals surface area contributed by atoms with Crippen LogP contribution in [0.3, 0.4) is 0 Å². The predicted molar refractivity (Wildman–Crippen MR) is 60.2 cm³/mol. The maximum absolute atomic E-state index is 12.5. The van der Waals surface area contributed by atoms with Crippen molar-refractivity contribution in [2.45, 2.75) is 6.43 Å². The van der Waals surface area contributed by atoms with Crippen LogP contribution in [0, 0.1) is 10.1 Å². The Morgan fingerprint density at radius 2 is 2.06 bits per heavy atom. The fraction of sp³-hybridized carbons (Fsp3) is 0.100. The molecule has 0 spiro atoms. The first-order valence-corrected chi connectivity index (χ1v) is 5.16. The minimum atomic E-state index is -2.79. The second kappa shape index (κ2) is 4.69. The lowest BCUT2D eigenvalue weighted by Crippen LogP contribution is -2.02. The molecule has 2 aromatic rings. The molecule has 0 atom stereocenters. The number of halogens is 3. The van der Waals surface area contributed by atoms with Crippen LogP contribution in [0.25, 0.3) is 5.69 Å². The Morgan fingerprint density at radius 3 is 2.61 bits per heavy atom. The third kappa shape index (κ3) is 2.17. The van der Waals surface area contributed by atoms with Crippen molar-refractivity contribution in [2.24, 2.45) is 0 Å². The van der Waals surface area contributed by atoms with Crippen LogP contribution in [-0.4, -0.2) is 14.7 Å². The first-order chi connectivity index (χ1) is 8.50. The minimum Gasteiger partial charge on any atom is -0.258 e. The molecule has 0 fully saturated rings. The van der Waals surface area contributed by atoms with Crippen LogP contribution in [0.5, 0.6) is 0 Å². The van der Waals surface area contributed by atoms with Crippen LogP contribution < -0.4 is 0 Å². The van der Waals surface area contributed by atoms with E-state index in [0.29, 0.717) is 0 Å². The van der Waals surface area contributed by atoms with Crippen molar-refractivity contribution < 1.29 is 13.7 Å². The van der Waals surface area contributed by atoms with E-state index in [2.05, 4.69) is 5.10 Å². The molecule has 1 heterocycles. The van der Waals surface area contributed by atoms with E-state index < -0.39 is 17.0 Å². The van der Waals surface area contributed by atoms with Gasteiger partial charge in [-0.2, -0.15) is 5.10 Å². The third-order valence-electron chi connectivity index (χ3n) is 2.21. The summed E-state index contributed by atoms with van der Waals surface area (Å²) in [6, 6.07) is 6.60. The van der Waals surface area contributed by atoms with Crippen molar-refractivity contribution in [3.05, 3.63) is 51.3 Å². The lowest BCUT2D eigenvalue weighted by molar-refractivity contribution is -0.384. The Bertz CT molecular complexity index is 601. The van der Waals surface area contributed by atoms with Gasteiger partial charge in [-0.3, -0.25) is 10.1 Å². The monoisotopic (exact) mass is 273 g/mol. The fourth-order valence-corrected chi connectivity index (χ4v) is 1.69. The molecule has 2 rings (SSSR count). The standard InChI is InChI=1S/C10H6ClF2N3O2/c11-9-5-6(10(12)13)14-15(9)7-3-1-2-4-8(7)16(17)18/h1-5,10H. The highest BCUT2D eigenvalue weighted by molar-refractivity contribution is 6.29. The molecule has 0 saturated carbocycles. The van der Waals surface area contributed by atoms with E-state index in [0.717, 1.165) is 10.7 Å². The number of nitro benzene ring substituents is 1. The summed E-state index contributed by atoms with van der Waals surface area (Å²) >= 11 is 5.74. The summed E-state index contributed by atoms with van der Waals surface area (Å²) in [5, 5.41) is 14.3. The highest BCUT2D eigenvalue weighted by atomic mass is 35.5. The second-order valence-electron chi connectivity index (χ2n) is 3.35. The third-order valence-corrected chi connectivity index (χ3v) is 2.48. The number of aromatic nitrogens is 2. The maximum Gasteiger partial charge on any atom is 0.294 e. The summed E-state index contributed by atoms with van der Waals surface area (Å²) < 4.78 is 25.9. The van der Waals surface area contributed by atoms with Crippen LogP contribution in [0.1, 0.15) is 12.1 Å². The van der Waals surface area contributed by atoms with E-state index in [1.54, 1.807) is 0 Å². The summed E-state index contributed by atoms with van der Waals surface area (Å²) in [6.07, 6.45) is -2.79. The van der Waals surface area contributed by atoms with E-state index in [9.17, 15) is 18.9 Å². The summed E-state index contributed by atoms with van der Waals surface area (Å²) in [5.41, 5.74) is -0.749. The van der Waals surface area contributed by atoms with Crippen molar-refractivity contribution in [3.63, 3.8) is 0 Å². The number of alkyl halides is 2. The van der Waals surface area contributed by atoms with Crippen molar-refractivity contribution in [3.8, 4) is 5.69 Å². The molecule has 0 amide bonds. The van der Waals surface area contributed by atoms with Gasteiger partial charge in [0, 0.05) is 12.1 Å².